The maximum absolute atomic E-state index is 2.37. The molecule has 0 radical (unpaired) electrons. The highest BCUT2D eigenvalue weighted by atomic mass is 15.0. The summed E-state index contributed by atoms with van der Waals surface area (Å²) in [5.74, 6) is 0. The molecule has 0 saturated heterocycles. The van der Waals surface area contributed by atoms with Crippen molar-refractivity contribution >= 4 is 54.4 Å². The minimum absolute atomic E-state index is 1.18. The maximum atomic E-state index is 2.37. The Kier molecular flexibility index (Phi) is 4.18. The van der Waals surface area contributed by atoms with Gasteiger partial charge in [-0.05, 0) is 52.9 Å². The second-order valence-electron chi connectivity index (χ2n) is 9.89. The van der Waals surface area contributed by atoms with Crippen LogP contribution < -0.4 is 0 Å². The van der Waals surface area contributed by atoms with E-state index in [1.807, 2.05) is 0 Å². The molecule has 174 valence electrons. The van der Waals surface area contributed by atoms with Crippen LogP contribution in [0.2, 0.25) is 0 Å². The van der Waals surface area contributed by atoms with E-state index in [0.717, 1.165) is 0 Å². The summed E-state index contributed by atoms with van der Waals surface area (Å²) < 4.78 is 4.70. The molecule has 0 amide bonds. The fraction of sp³-hybridized carbons (Fsp3) is 0.0286. The normalized spacial score (nSPS) is 11.9. The first kappa shape index (κ1) is 20.4. The average molecular weight is 473 g/mol. The van der Waals surface area contributed by atoms with Crippen LogP contribution in [0.15, 0.2) is 127 Å². The molecule has 0 atom stereocenters. The van der Waals surface area contributed by atoms with Gasteiger partial charge in [0.25, 0.3) is 0 Å². The molecule has 0 saturated carbocycles. The number of hydrogen-bond acceptors (Lipinski definition) is 0. The first-order chi connectivity index (χ1) is 18.3. The standard InChI is InChI=1S/C35H24N2/c1-36-32-21-17-25(22-31(32)30-20-16-24-8-2-3-9-27(24)35(30)36)23-14-18-26(19-15-23)37-33-12-6-4-10-28(33)29-11-5-7-13-34(29)37/h2-22H,1H3. The number of fused-ring (bicyclic) bond motifs is 8. The first-order valence-electron chi connectivity index (χ1n) is 12.8. The van der Waals surface area contributed by atoms with Gasteiger partial charge in [-0.1, -0.05) is 91.0 Å². The number of aromatic nitrogens is 2. The van der Waals surface area contributed by atoms with Gasteiger partial charge in [0.1, 0.15) is 0 Å². The van der Waals surface area contributed by atoms with Gasteiger partial charge < -0.3 is 9.13 Å². The van der Waals surface area contributed by atoms with Gasteiger partial charge in [-0.25, -0.2) is 0 Å². The predicted octanol–water partition coefficient (Wildman–Crippen LogP) is 9.25. The summed E-state index contributed by atoms with van der Waals surface area (Å²) in [7, 11) is 2.18. The molecule has 8 rings (SSSR count). The summed E-state index contributed by atoms with van der Waals surface area (Å²) in [6, 6.07) is 46.3. The smallest absolute Gasteiger partial charge is 0.0568 e. The Bertz CT molecular complexity index is 2090. The molecule has 37 heavy (non-hydrogen) atoms. The van der Waals surface area contributed by atoms with Crippen molar-refractivity contribution in [2.75, 3.05) is 0 Å². The summed E-state index contributed by atoms with van der Waals surface area (Å²) in [6.45, 7) is 0. The summed E-state index contributed by atoms with van der Waals surface area (Å²) in [5, 5.41) is 7.76. The Morgan fingerprint density at radius 3 is 1.78 bits per heavy atom. The minimum atomic E-state index is 1.18. The highest BCUT2D eigenvalue weighted by Crippen LogP contribution is 2.36. The molecule has 0 bridgehead atoms. The number of rotatable bonds is 2. The number of benzene rings is 6. The monoisotopic (exact) mass is 472 g/mol. The van der Waals surface area contributed by atoms with E-state index >= 15 is 0 Å². The van der Waals surface area contributed by atoms with Gasteiger partial charge in [-0.3, -0.25) is 0 Å². The summed E-state index contributed by atoms with van der Waals surface area (Å²) >= 11 is 0. The van der Waals surface area contributed by atoms with Crippen LogP contribution in [0.4, 0.5) is 0 Å². The number of nitrogens with zero attached hydrogens (tertiary/aromatic N) is 2. The van der Waals surface area contributed by atoms with Gasteiger partial charge in [-0.2, -0.15) is 0 Å². The van der Waals surface area contributed by atoms with Crippen molar-refractivity contribution in [3.63, 3.8) is 0 Å². The fourth-order valence-corrected chi connectivity index (χ4v) is 6.18. The number of hydrogen-bond donors (Lipinski definition) is 0. The molecule has 0 unspecified atom stereocenters. The first-order valence-corrected chi connectivity index (χ1v) is 12.8. The third kappa shape index (κ3) is 2.87. The third-order valence-corrected chi connectivity index (χ3v) is 7.92. The van der Waals surface area contributed by atoms with Crippen molar-refractivity contribution in [2.45, 2.75) is 0 Å². The van der Waals surface area contributed by atoms with Gasteiger partial charge >= 0.3 is 0 Å². The molecule has 2 aromatic heterocycles. The van der Waals surface area contributed by atoms with Crippen LogP contribution >= 0.6 is 0 Å². The Hall–Kier alpha value is -4.82. The molecular weight excluding hydrogens is 448 g/mol. The molecule has 0 aliphatic heterocycles. The number of para-hydroxylation sites is 2. The zero-order valence-corrected chi connectivity index (χ0v) is 20.5. The van der Waals surface area contributed by atoms with Gasteiger partial charge in [0.05, 0.1) is 16.6 Å². The van der Waals surface area contributed by atoms with E-state index in [1.54, 1.807) is 0 Å². The molecule has 0 aliphatic rings. The Balaban J connectivity index is 1.28. The topological polar surface area (TPSA) is 9.86 Å². The van der Waals surface area contributed by atoms with Crippen LogP contribution in [-0.4, -0.2) is 9.13 Å². The number of aryl methyl sites for hydroxylation is 1. The quantitative estimate of drug-likeness (QED) is 0.237. The largest absolute Gasteiger partial charge is 0.343 e. The van der Waals surface area contributed by atoms with E-state index in [-0.39, 0.29) is 0 Å². The van der Waals surface area contributed by atoms with Gasteiger partial charge in [0.2, 0.25) is 0 Å². The Morgan fingerprint density at radius 1 is 0.432 bits per heavy atom. The lowest BCUT2D eigenvalue weighted by molar-refractivity contribution is 1.02. The van der Waals surface area contributed by atoms with E-state index in [2.05, 4.69) is 144 Å². The van der Waals surface area contributed by atoms with Crippen LogP contribution in [0.3, 0.4) is 0 Å². The minimum Gasteiger partial charge on any atom is -0.343 e. The SMILES string of the molecule is Cn1c2ccc(-c3ccc(-n4c5ccccc5c5ccccc54)cc3)cc2c2ccc3ccccc3c21. The predicted molar refractivity (Wildman–Crippen MR) is 158 cm³/mol. The Labute approximate surface area is 214 Å². The highest BCUT2D eigenvalue weighted by molar-refractivity contribution is 6.18. The summed E-state index contributed by atoms with van der Waals surface area (Å²) in [6.07, 6.45) is 0. The second kappa shape index (κ2) is 7.59. The molecular formula is C35H24N2. The fourth-order valence-electron chi connectivity index (χ4n) is 6.18. The highest BCUT2D eigenvalue weighted by Gasteiger charge is 2.14. The van der Waals surface area contributed by atoms with Crippen molar-refractivity contribution in [2.24, 2.45) is 7.05 Å². The molecule has 0 spiro atoms. The van der Waals surface area contributed by atoms with Crippen LogP contribution in [-0.2, 0) is 7.05 Å². The lowest BCUT2D eigenvalue weighted by Crippen LogP contribution is -1.93. The van der Waals surface area contributed by atoms with Crippen molar-refractivity contribution in [1.29, 1.82) is 0 Å². The summed E-state index contributed by atoms with van der Waals surface area (Å²) in [5.41, 5.74) is 8.68. The molecule has 2 heteroatoms. The van der Waals surface area contributed by atoms with E-state index < -0.39 is 0 Å². The van der Waals surface area contributed by atoms with Crippen molar-refractivity contribution in [3.05, 3.63) is 127 Å². The van der Waals surface area contributed by atoms with E-state index in [4.69, 9.17) is 0 Å². The third-order valence-electron chi connectivity index (χ3n) is 7.92. The van der Waals surface area contributed by atoms with Gasteiger partial charge in [-0.15, -0.1) is 0 Å². The second-order valence-corrected chi connectivity index (χ2v) is 9.89. The lowest BCUT2D eigenvalue weighted by atomic mass is 10.0. The van der Waals surface area contributed by atoms with Crippen molar-refractivity contribution < 1.29 is 0 Å². The Morgan fingerprint density at radius 2 is 1.05 bits per heavy atom. The zero-order valence-electron chi connectivity index (χ0n) is 20.5. The zero-order chi connectivity index (χ0) is 24.5. The van der Waals surface area contributed by atoms with Crippen LogP contribution in [0.1, 0.15) is 0 Å². The molecule has 0 aliphatic carbocycles. The van der Waals surface area contributed by atoms with Crippen LogP contribution in [0.5, 0.6) is 0 Å². The lowest BCUT2D eigenvalue weighted by Gasteiger charge is -2.09. The molecule has 6 aromatic carbocycles. The van der Waals surface area contributed by atoms with Crippen molar-refractivity contribution in [1.82, 2.24) is 9.13 Å². The van der Waals surface area contributed by atoms with Gasteiger partial charge in [0, 0.05) is 45.2 Å². The molecule has 0 N–H and O–H groups in total. The van der Waals surface area contributed by atoms with E-state index in [0.29, 0.717) is 0 Å². The van der Waals surface area contributed by atoms with Crippen LogP contribution in [0, 0.1) is 0 Å². The molecule has 0 fully saturated rings. The van der Waals surface area contributed by atoms with Crippen molar-refractivity contribution in [3.8, 4) is 16.8 Å². The molecule has 2 nitrogen and oxygen atoms in total. The molecule has 8 aromatic rings. The maximum Gasteiger partial charge on any atom is 0.0568 e. The van der Waals surface area contributed by atoms with Gasteiger partial charge in [0.15, 0.2) is 0 Å². The van der Waals surface area contributed by atoms with E-state index in [9.17, 15) is 0 Å². The summed E-state index contributed by atoms with van der Waals surface area (Å²) in [4.78, 5) is 0. The molecule has 2 heterocycles. The average Bonchev–Trinajstić information content (AvgIpc) is 3.45. The van der Waals surface area contributed by atoms with E-state index in [1.165, 1.54) is 71.2 Å². The van der Waals surface area contributed by atoms with Crippen LogP contribution in [0.25, 0.3) is 71.2 Å².